The van der Waals surface area contributed by atoms with Crippen LogP contribution in [0.5, 0.6) is 0 Å². The van der Waals surface area contributed by atoms with Crippen LogP contribution in [0, 0.1) is 11.7 Å². The zero-order chi connectivity index (χ0) is 11.0. The number of rotatable bonds is 2. The van der Waals surface area contributed by atoms with Crippen molar-refractivity contribution in [3.8, 4) is 0 Å². The summed E-state index contributed by atoms with van der Waals surface area (Å²) in [4.78, 5) is 0. The van der Waals surface area contributed by atoms with Crippen LogP contribution in [-0.4, -0.2) is 7.05 Å². The van der Waals surface area contributed by atoms with Gasteiger partial charge in [-0.05, 0) is 48.6 Å². The van der Waals surface area contributed by atoms with Gasteiger partial charge in [0.25, 0.3) is 0 Å². The van der Waals surface area contributed by atoms with Gasteiger partial charge < -0.3 is 5.32 Å². The molecule has 0 heterocycles. The third-order valence-corrected chi connectivity index (χ3v) is 3.47. The lowest BCUT2D eigenvalue weighted by Gasteiger charge is -2.15. The first kappa shape index (κ1) is 10.6. The molecule has 2 rings (SSSR count). The van der Waals surface area contributed by atoms with Crippen molar-refractivity contribution < 1.29 is 4.39 Å². The van der Waals surface area contributed by atoms with Crippen molar-refractivity contribution in [3.05, 3.63) is 35.1 Å². The Morgan fingerprint density at radius 1 is 1.33 bits per heavy atom. The van der Waals surface area contributed by atoms with Crippen LogP contribution in [-0.2, 0) is 0 Å². The van der Waals surface area contributed by atoms with E-state index in [1.807, 2.05) is 13.1 Å². The van der Waals surface area contributed by atoms with Gasteiger partial charge in [0.1, 0.15) is 5.82 Å². The van der Waals surface area contributed by atoms with Gasteiger partial charge in [0, 0.05) is 6.04 Å². The zero-order valence-corrected chi connectivity index (χ0v) is 9.55. The zero-order valence-electron chi connectivity index (χ0n) is 9.55. The number of hydrogen-bond donors (Lipinski definition) is 1. The summed E-state index contributed by atoms with van der Waals surface area (Å²) in [7, 11) is 1.95. The summed E-state index contributed by atoms with van der Waals surface area (Å²) in [6.45, 7) is 4.46. The van der Waals surface area contributed by atoms with E-state index in [0.717, 1.165) is 12.0 Å². The van der Waals surface area contributed by atoms with Gasteiger partial charge in [-0.1, -0.05) is 19.9 Å². The lowest BCUT2D eigenvalue weighted by Crippen LogP contribution is -2.13. The fraction of sp³-hybridized carbons (Fsp3) is 0.538. The molecule has 1 aromatic rings. The molecule has 0 bridgehead atoms. The monoisotopic (exact) mass is 207 g/mol. The van der Waals surface area contributed by atoms with Gasteiger partial charge in [-0.3, -0.25) is 0 Å². The molecular weight excluding hydrogens is 189 g/mol. The van der Waals surface area contributed by atoms with Crippen molar-refractivity contribution in [2.45, 2.75) is 32.2 Å². The SMILES string of the molecule is CNC1CC(C(C)C)c2ccc(F)cc21. The molecule has 0 saturated heterocycles. The highest BCUT2D eigenvalue weighted by atomic mass is 19.1. The van der Waals surface area contributed by atoms with Crippen LogP contribution in [0.3, 0.4) is 0 Å². The highest BCUT2D eigenvalue weighted by Crippen LogP contribution is 2.44. The Bertz CT molecular complexity index is 360. The summed E-state index contributed by atoms with van der Waals surface area (Å²) in [6.07, 6.45) is 1.09. The van der Waals surface area contributed by atoms with E-state index in [1.54, 1.807) is 12.1 Å². The van der Waals surface area contributed by atoms with Gasteiger partial charge in [0.05, 0.1) is 0 Å². The molecule has 0 fully saturated rings. The van der Waals surface area contributed by atoms with E-state index in [2.05, 4.69) is 19.2 Å². The molecule has 2 unspecified atom stereocenters. The van der Waals surface area contributed by atoms with Gasteiger partial charge in [-0.15, -0.1) is 0 Å². The molecular formula is C13H18FN. The first-order valence-corrected chi connectivity index (χ1v) is 5.60. The van der Waals surface area contributed by atoms with E-state index in [9.17, 15) is 4.39 Å². The molecule has 82 valence electrons. The number of nitrogens with one attached hydrogen (secondary N) is 1. The lowest BCUT2D eigenvalue weighted by molar-refractivity contribution is 0.445. The van der Waals surface area contributed by atoms with Crippen LogP contribution in [0.4, 0.5) is 4.39 Å². The number of halogens is 1. The molecule has 2 atom stereocenters. The van der Waals surface area contributed by atoms with E-state index in [1.165, 1.54) is 5.56 Å². The Morgan fingerprint density at radius 3 is 2.67 bits per heavy atom. The third-order valence-electron chi connectivity index (χ3n) is 3.47. The van der Waals surface area contributed by atoms with E-state index >= 15 is 0 Å². The molecule has 0 aromatic heterocycles. The first-order chi connectivity index (χ1) is 7.13. The summed E-state index contributed by atoms with van der Waals surface area (Å²) in [5, 5.41) is 3.27. The lowest BCUT2D eigenvalue weighted by atomic mass is 9.90. The molecule has 1 N–H and O–H groups in total. The maximum absolute atomic E-state index is 13.2. The maximum atomic E-state index is 13.2. The van der Waals surface area contributed by atoms with Gasteiger partial charge >= 0.3 is 0 Å². The molecule has 1 nitrogen and oxygen atoms in total. The van der Waals surface area contributed by atoms with Crippen LogP contribution in [0.25, 0.3) is 0 Å². The average Bonchev–Trinajstić information content (AvgIpc) is 2.55. The summed E-state index contributed by atoms with van der Waals surface area (Å²) in [5.41, 5.74) is 2.47. The van der Waals surface area contributed by atoms with E-state index in [4.69, 9.17) is 0 Å². The van der Waals surface area contributed by atoms with Crippen LogP contribution >= 0.6 is 0 Å². The molecule has 0 radical (unpaired) electrons. The number of hydrogen-bond acceptors (Lipinski definition) is 1. The second-order valence-corrected chi connectivity index (χ2v) is 4.70. The topological polar surface area (TPSA) is 12.0 Å². The van der Waals surface area contributed by atoms with Crippen molar-refractivity contribution >= 4 is 0 Å². The number of fused-ring (bicyclic) bond motifs is 1. The normalized spacial score (nSPS) is 24.6. The van der Waals surface area contributed by atoms with Crippen molar-refractivity contribution in [1.82, 2.24) is 5.32 Å². The quantitative estimate of drug-likeness (QED) is 0.785. The van der Waals surface area contributed by atoms with Gasteiger partial charge in [-0.2, -0.15) is 0 Å². The Hall–Kier alpha value is -0.890. The molecule has 1 aliphatic rings. The standard InChI is InChI=1S/C13H18FN/c1-8(2)11-7-13(15-3)12-6-9(14)4-5-10(11)12/h4-6,8,11,13,15H,7H2,1-3H3. The molecule has 1 aliphatic carbocycles. The summed E-state index contributed by atoms with van der Waals surface area (Å²) >= 11 is 0. The highest BCUT2D eigenvalue weighted by Gasteiger charge is 2.31. The molecule has 0 spiro atoms. The van der Waals surface area contributed by atoms with E-state index < -0.39 is 0 Å². The average molecular weight is 207 g/mol. The molecule has 0 aliphatic heterocycles. The largest absolute Gasteiger partial charge is 0.313 e. The predicted molar refractivity (Wildman–Crippen MR) is 60.4 cm³/mol. The summed E-state index contributed by atoms with van der Waals surface area (Å²) in [5.74, 6) is 1.06. The Balaban J connectivity index is 2.43. The summed E-state index contributed by atoms with van der Waals surface area (Å²) < 4.78 is 13.2. The summed E-state index contributed by atoms with van der Waals surface area (Å²) in [6, 6.07) is 5.53. The smallest absolute Gasteiger partial charge is 0.123 e. The van der Waals surface area contributed by atoms with Gasteiger partial charge in [0.15, 0.2) is 0 Å². The van der Waals surface area contributed by atoms with Gasteiger partial charge in [-0.25, -0.2) is 4.39 Å². The van der Waals surface area contributed by atoms with Crippen LogP contribution in [0.15, 0.2) is 18.2 Å². The Morgan fingerprint density at radius 2 is 2.07 bits per heavy atom. The predicted octanol–water partition coefficient (Wildman–Crippen LogP) is 3.23. The molecule has 1 aromatic carbocycles. The van der Waals surface area contributed by atoms with Crippen molar-refractivity contribution in [3.63, 3.8) is 0 Å². The minimum absolute atomic E-state index is 0.126. The minimum atomic E-state index is -0.126. The van der Waals surface area contributed by atoms with Crippen LogP contribution in [0.2, 0.25) is 0 Å². The van der Waals surface area contributed by atoms with Crippen LogP contribution < -0.4 is 5.32 Å². The fourth-order valence-electron chi connectivity index (χ4n) is 2.60. The maximum Gasteiger partial charge on any atom is 0.123 e. The second-order valence-electron chi connectivity index (χ2n) is 4.70. The van der Waals surface area contributed by atoms with Crippen molar-refractivity contribution in [2.24, 2.45) is 5.92 Å². The van der Waals surface area contributed by atoms with Crippen molar-refractivity contribution in [1.29, 1.82) is 0 Å². The Kier molecular flexibility index (Phi) is 2.79. The van der Waals surface area contributed by atoms with E-state index in [-0.39, 0.29) is 5.82 Å². The van der Waals surface area contributed by atoms with Crippen LogP contribution in [0.1, 0.15) is 43.4 Å². The first-order valence-electron chi connectivity index (χ1n) is 5.60. The molecule has 2 heteroatoms. The van der Waals surface area contributed by atoms with Gasteiger partial charge in [0.2, 0.25) is 0 Å². The number of benzene rings is 1. The molecule has 0 amide bonds. The van der Waals surface area contributed by atoms with Crippen molar-refractivity contribution in [2.75, 3.05) is 7.05 Å². The Labute approximate surface area is 90.7 Å². The van der Waals surface area contributed by atoms with E-state index in [0.29, 0.717) is 17.9 Å². The second kappa shape index (κ2) is 3.93. The highest BCUT2D eigenvalue weighted by molar-refractivity contribution is 5.38. The molecule has 0 saturated carbocycles. The molecule has 15 heavy (non-hydrogen) atoms. The third kappa shape index (κ3) is 1.78. The fourth-order valence-corrected chi connectivity index (χ4v) is 2.60. The minimum Gasteiger partial charge on any atom is -0.313 e.